The predicted molar refractivity (Wildman–Crippen MR) is 48.7 cm³/mol. The molecule has 0 N–H and O–H groups in total. The Kier molecular flexibility index (Phi) is 3.38. The first-order valence-corrected chi connectivity index (χ1v) is 3.99. The second-order valence-electron chi connectivity index (χ2n) is 2.46. The van der Waals surface area contributed by atoms with Crippen LogP contribution >= 0.6 is 11.6 Å². The molecule has 2 nitrogen and oxygen atoms in total. The lowest BCUT2D eigenvalue weighted by Crippen LogP contribution is -1.98. The molecular weight excluding hydrogens is 176 g/mol. The highest BCUT2D eigenvalue weighted by atomic mass is 35.5. The zero-order chi connectivity index (χ0) is 8.97. The molecule has 1 aromatic rings. The molecule has 1 rings (SSSR count). The normalized spacial score (nSPS) is 9.92. The van der Waals surface area contributed by atoms with Gasteiger partial charge in [0.25, 0.3) is 0 Å². The van der Waals surface area contributed by atoms with E-state index < -0.39 is 0 Å². The van der Waals surface area contributed by atoms with Gasteiger partial charge in [-0.1, -0.05) is 11.6 Å². The first-order valence-electron chi connectivity index (χ1n) is 3.62. The Bertz CT molecular complexity index is 261. The van der Waals surface area contributed by atoms with Gasteiger partial charge in [0.2, 0.25) is 0 Å². The number of methoxy groups -OCH3 is 1. The molecule has 0 aliphatic rings. The van der Waals surface area contributed by atoms with Crippen molar-refractivity contribution in [1.29, 1.82) is 0 Å². The van der Waals surface area contributed by atoms with Gasteiger partial charge in [0.05, 0.1) is 0 Å². The van der Waals surface area contributed by atoms with Gasteiger partial charge in [0.15, 0.2) is 6.79 Å². The van der Waals surface area contributed by atoms with Crippen molar-refractivity contribution in [3.63, 3.8) is 0 Å². The summed E-state index contributed by atoms with van der Waals surface area (Å²) in [5.74, 6) is 0.777. The zero-order valence-electron chi connectivity index (χ0n) is 7.13. The molecule has 0 atom stereocenters. The lowest BCUT2D eigenvalue weighted by Gasteiger charge is -2.05. The fourth-order valence-corrected chi connectivity index (χ4v) is 0.951. The number of benzene rings is 1. The number of aryl methyl sites for hydroxylation is 1. The highest BCUT2D eigenvalue weighted by Gasteiger charge is 1.97. The molecule has 0 aromatic heterocycles. The third-order valence-corrected chi connectivity index (χ3v) is 1.90. The highest BCUT2D eigenvalue weighted by Crippen LogP contribution is 2.20. The minimum atomic E-state index is 0.265. The van der Waals surface area contributed by atoms with Crippen molar-refractivity contribution in [2.45, 2.75) is 6.92 Å². The van der Waals surface area contributed by atoms with Crippen LogP contribution in [-0.2, 0) is 4.74 Å². The lowest BCUT2D eigenvalue weighted by molar-refractivity contribution is 0.0511. The Labute approximate surface area is 77.1 Å². The zero-order valence-corrected chi connectivity index (χ0v) is 7.89. The molecule has 0 aliphatic carbocycles. The van der Waals surface area contributed by atoms with E-state index in [0.29, 0.717) is 0 Å². The van der Waals surface area contributed by atoms with Crippen molar-refractivity contribution in [3.05, 3.63) is 28.8 Å². The largest absolute Gasteiger partial charge is 0.468 e. The number of rotatable bonds is 3. The van der Waals surface area contributed by atoms with Crippen LogP contribution in [0.4, 0.5) is 0 Å². The summed E-state index contributed by atoms with van der Waals surface area (Å²) in [4.78, 5) is 0. The second kappa shape index (κ2) is 4.33. The van der Waals surface area contributed by atoms with Gasteiger partial charge in [-0.25, -0.2) is 0 Å². The maximum Gasteiger partial charge on any atom is 0.188 e. The van der Waals surface area contributed by atoms with E-state index in [1.165, 1.54) is 0 Å². The molecule has 12 heavy (non-hydrogen) atoms. The molecule has 66 valence electrons. The van der Waals surface area contributed by atoms with Gasteiger partial charge in [0.1, 0.15) is 5.75 Å². The van der Waals surface area contributed by atoms with Crippen molar-refractivity contribution in [2.24, 2.45) is 0 Å². The van der Waals surface area contributed by atoms with Crippen LogP contribution in [0.5, 0.6) is 5.75 Å². The van der Waals surface area contributed by atoms with Crippen molar-refractivity contribution < 1.29 is 9.47 Å². The summed E-state index contributed by atoms with van der Waals surface area (Å²) in [5.41, 5.74) is 1.00. The van der Waals surface area contributed by atoms with Gasteiger partial charge >= 0.3 is 0 Å². The average Bonchev–Trinajstić information content (AvgIpc) is 2.07. The summed E-state index contributed by atoms with van der Waals surface area (Å²) in [6.07, 6.45) is 0. The first kappa shape index (κ1) is 9.36. The van der Waals surface area contributed by atoms with Crippen LogP contribution < -0.4 is 4.74 Å². The Hall–Kier alpha value is -0.730. The van der Waals surface area contributed by atoms with Crippen LogP contribution in [0.25, 0.3) is 0 Å². The van der Waals surface area contributed by atoms with E-state index in [1.807, 2.05) is 25.1 Å². The van der Waals surface area contributed by atoms with E-state index in [9.17, 15) is 0 Å². The molecule has 3 heteroatoms. The van der Waals surface area contributed by atoms with E-state index in [4.69, 9.17) is 21.1 Å². The number of halogens is 1. The minimum Gasteiger partial charge on any atom is -0.468 e. The van der Waals surface area contributed by atoms with E-state index in [1.54, 1.807) is 7.11 Å². The Morgan fingerprint density at radius 1 is 1.42 bits per heavy atom. The van der Waals surface area contributed by atoms with E-state index in [2.05, 4.69) is 0 Å². The molecule has 0 radical (unpaired) electrons. The molecule has 0 bridgehead atoms. The van der Waals surface area contributed by atoms with Gasteiger partial charge in [0, 0.05) is 12.1 Å². The summed E-state index contributed by atoms with van der Waals surface area (Å²) in [7, 11) is 1.59. The molecule has 0 saturated carbocycles. The summed E-state index contributed by atoms with van der Waals surface area (Å²) < 4.78 is 9.97. The molecule has 0 saturated heterocycles. The molecule has 1 aromatic carbocycles. The Morgan fingerprint density at radius 2 is 2.17 bits per heavy atom. The summed E-state index contributed by atoms with van der Waals surface area (Å²) in [6.45, 7) is 2.20. The van der Waals surface area contributed by atoms with Crippen molar-refractivity contribution in [1.82, 2.24) is 0 Å². The average molecular weight is 187 g/mol. The molecular formula is C9H11ClO2. The monoisotopic (exact) mass is 186 g/mol. The number of hydrogen-bond acceptors (Lipinski definition) is 2. The molecule has 0 unspecified atom stereocenters. The van der Waals surface area contributed by atoms with Gasteiger partial charge in [-0.05, 0) is 30.7 Å². The Balaban J connectivity index is 2.69. The fraction of sp³-hybridized carbons (Fsp3) is 0.333. The van der Waals surface area contributed by atoms with E-state index >= 15 is 0 Å². The topological polar surface area (TPSA) is 18.5 Å². The molecule has 0 spiro atoms. The van der Waals surface area contributed by atoms with Gasteiger partial charge in [-0.2, -0.15) is 0 Å². The molecule has 0 fully saturated rings. The van der Waals surface area contributed by atoms with E-state index in [0.717, 1.165) is 16.3 Å². The standard InChI is InChI=1S/C9H11ClO2/c1-7-5-8(12-6-11-2)3-4-9(7)10/h3-5H,6H2,1-2H3. The highest BCUT2D eigenvalue weighted by molar-refractivity contribution is 6.31. The SMILES string of the molecule is COCOc1ccc(Cl)c(C)c1. The molecule has 0 amide bonds. The van der Waals surface area contributed by atoms with Gasteiger partial charge < -0.3 is 9.47 Å². The summed E-state index contributed by atoms with van der Waals surface area (Å²) >= 11 is 5.83. The number of hydrogen-bond donors (Lipinski definition) is 0. The van der Waals surface area contributed by atoms with Gasteiger partial charge in [-0.15, -0.1) is 0 Å². The summed E-state index contributed by atoms with van der Waals surface area (Å²) in [5, 5.41) is 0.750. The second-order valence-corrected chi connectivity index (χ2v) is 2.87. The summed E-state index contributed by atoms with van der Waals surface area (Å²) in [6, 6.07) is 5.50. The lowest BCUT2D eigenvalue weighted by atomic mass is 10.2. The number of ether oxygens (including phenoxy) is 2. The third-order valence-electron chi connectivity index (χ3n) is 1.47. The molecule has 0 heterocycles. The van der Waals surface area contributed by atoms with Crippen LogP contribution in [0.3, 0.4) is 0 Å². The molecule has 0 aliphatic heterocycles. The van der Waals surface area contributed by atoms with Crippen LogP contribution in [0.15, 0.2) is 18.2 Å². The fourth-order valence-electron chi connectivity index (χ4n) is 0.834. The van der Waals surface area contributed by atoms with Crippen molar-refractivity contribution >= 4 is 11.6 Å². The van der Waals surface area contributed by atoms with Crippen LogP contribution in [0, 0.1) is 6.92 Å². The van der Waals surface area contributed by atoms with Gasteiger partial charge in [-0.3, -0.25) is 0 Å². The van der Waals surface area contributed by atoms with Crippen LogP contribution in [0.1, 0.15) is 5.56 Å². The van der Waals surface area contributed by atoms with Crippen LogP contribution in [0.2, 0.25) is 5.02 Å². The Morgan fingerprint density at radius 3 is 2.75 bits per heavy atom. The quantitative estimate of drug-likeness (QED) is 0.676. The minimum absolute atomic E-state index is 0.265. The van der Waals surface area contributed by atoms with Crippen LogP contribution in [-0.4, -0.2) is 13.9 Å². The third kappa shape index (κ3) is 2.40. The van der Waals surface area contributed by atoms with Crippen molar-refractivity contribution in [2.75, 3.05) is 13.9 Å². The van der Waals surface area contributed by atoms with E-state index in [-0.39, 0.29) is 6.79 Å². The maximum atomic E-state index is 5.83. The predicted octanol–water partition coefficient (Wildman–Crippen LogP) is 2.63. The smallest absolute Gasteiger partial charge is 0.188 e. The van der Waals surface area contributed by atoms with Crippen molar-refractivity contribution in [3.8, 4) is 5.75 Å². The maximum absolute atomic E-state index is 5.83. The first-order chi connectivity index (χ1) is 5.74.